The number of likely N-dealkylation sites (N-methyl/N-ethyl adjacent to an activating group) is 1. The molecule has 2 saturated heterocycles. The summed E-state index contributed by atoms with van der Waals surface area (Å²) >= 11 is 0. The smallest absolute Gasteiger partial charge is 0.264 e. The number of carbonyl (C=O) groups excluding carboxylic acids is 3. The van der Waals surface area contributed by atoms with Crippen molar-refractivity contribution in [2.24, 2.45) is 5.92 Å². The molecule has 0 radical (unpaired) electrons. The van der Waals surface area contributed by atoms with Crippen LogP contribution in [0.2, 0.25) is 18.6 Å². The number of likely N-dealkylation sites (tertiary alicyclic amines) is 1. The van der Waals surface area contributed by atoms with E-state index in [9.17, 15) is 19.5 Å². The van der Waals surface area contributed by atoms with Crippen LogP contribution in [0.5, 0.6) is 5.75 Å². The summed E-state index contributed by atoms with van der Waals surface area (Å²) in [7, 11) is -0.229. The average molecular weight is 584 g/mol. The molecule has 41 heavy (non-hydrogen) atoms. The lowest BCUT2D eigenvalue weighted by atomic mass is 9.82. The standard InChI is InChI=1S/C30H38FN3O6Si/c1-18-27(41(4,5)31)25(16-26(36)34-14-6-7-21(34)17-35)40-30(18)23-15-20(10-13-24(23)33(2)29(30)38)32-28(37)19-8-11-22(39-3)12-9-19/h8-13,15,18,21,25,27,35H,6-7,14,16-17H2,1-5H3,(H,32,37)/t18-,21-,25+,27-,30+/m0/s1. The number of hydrogen-bond acceptors (Lipinski definition) is 6. The maximum Gasteiger partial charge on any atom is 0.264 e. The number of methoxy groups -OCH3 is 1. The van der Waals surface area contributed by atoms with Gasteiger partial charge in [-0.05, 0) is 68.4 Å². The lowest BCUT2D eigenvalue weighted by Crippen LogP contribution is -2.44. The summed E-state index contributed by atoms with van der Waals surface area (Å²) in [6.07, 6.45) is 0.665. The third-order valence-electron chi connectivity index (χ3n) is 8.98. The molecule has 5 atom stereocenters. The summed E-state index contributed by atoms with van der Waals surface area (Å²) in [5.41, 5.74) is -0.0309. The predicted molar refractivity (Wildman–Crippen MR) is 155 cm³/mol. The van der Waals surface area contributed by atoms with Gasteiger partial charge in [-0.2, -0.15) is 0 Å². The van der Waals surface area contributed by atoms with Gasteiger partial charge >= 0.3 is 0 Å². The van der Waals surface area contributed by atoms with E-state index in [-0.39, 0.29) is 36.8 Å². The molecule has 9 nitrogen and oxygen atoms in total. The molecule has 0 aromatic heterocycles. The molecular formula is C30H38FN3O6Si. The van der Waals surface area contributed by atoms with E-state index in [0.29, 0.717) is 34.8 Å². The number of aliphatic hydroxyl groups is 1. The fraction of sp³-hybridized carbons (Fsp3) is 0.500. The number of anilines is 2. The molecule has 3 amide bonds. The van der Waals surface area contributed by atoms with Gasteiger partial charge < -0.3 is 33.8 Å². The summed E-state index contributed by atoms with van der Waals surface area (Å²) in [6, 6.07) is 11.7. The minimum Gasteiger partial charge on any atom is -0.497 e. The van der Waals surface area contributed by atoms with Crippen LogP contribution in [0.25, 0.3) is 0 Å². The molecule has 3 aliphatic rings. The molecule has 0 aliphatic carbocycles. The van der Waals surface area contributed by atoms with Crippen LogP contribution in [-0.4, -0.2) is 75.6 Å². The van der Waals surface area contributed by atoms with Crippen molar-refractivity contribution in [3.8, 4) is 5.75 Å². The molecule has 0 saturated carbocycles. The van der Waals surface area contributed by atoms with Crippen LogP contribution in [0.15, 0.2) is 42.5 Å². The highest BCUT2D eigenvalue weighted by molar-refractivity contribution is 6.72. The highest BCUT2D eigenvalue weighted by Gasteiger charge is 2.66. The van der Waals surface area contributed by atoms with Gasteiger partial charge in [-0.25, -0.2) is 0 Å². The second-order valence-corrected chi connectivity index (χ2v) is 15.6. The number of aliphatic hydroxyl groups excluding tert-OH is 1. The van der Waals surface area contributed by atoms with Crippen LogP contribution in [0, 0.1) is 5.92 Å². The van der Waals surface area contributed by atoms with Gasteiger partial charge in [-0.15, -0.1) is 0 Å². The van der Waals surface area contributed by atoms with Gasteiger partial charge in [0.25, 0.3) is 11.8 Å². The number of benzene rings is 2. The molecule has 2 N–H and O–H groups in total. The Labute approximate surface area is 240 Å². The van der Waals surface area contributed by atoms with Crippen LogP contribution in [0.3, 0.4) is 0 Å². The maximum absolute atomic E-state index is 16.0. The van der Waals surface area contributed by atoms with E-state index in [0.717, 1.165) is 12.8 Å². The fourth-order valence-corrected chi connectivity index (χ4v) is 9.51. The molecule has 2 aromatic rings. The summed E-state index contributed by atoms with van der Waals surface area (Å²) in [6.45, 7) is 5.44. The minimum atomic E-state index is -3.44. The van der Waals surface area contributed by atoms with Gasteiger partial charge in [0.1, 0.15) is 5.75 Å². The number of rotatable bonds is 7. The molecule has 2 aromatic carbocycles. The summed E-state index contributed by atoms with van der Waals surface area (Å²) in [4.78, 5) is 43.5. The number of fused-ring (bicyclic) bond motifs is 2. The van der Waals surface area contributed by atoms with Crippen molar-refractivity contribution in [3.63, 3.8) is 0 Å². The first-order valence-electron chi connectivity index (χ1n) is 14.1. The minimum absolute atomic E-state index is 0.0617. The van der Waals surface area contributed by atoms with Crippen molar-refractivity contribution < 1.29 is 33.1 Å². The third kappa shape index (κ3) is 4.93. The molecule has 3 aliphatic heterocycles. The van der Waals surface area contributed by atoms with Gasteiger partial charge in [-0.3, -0.25) is 14.4 Å². The zero-order valence-corrected chi connectivity index (χ0v) is 25.1. The van der Waals surface area contributed by atoms with Crippen molar-refractivity contribution in [3.05, 3.63) is 53.6 Å². The molecular weight excluding hydrogens is 545 g/mol. The Bertz CT molecular complexity index is 1350. The van der Waals surface area contributed by atoms with Gasteiger partial charge in [-0.1, -0.05) is 6.92 Å². The fourth-order valence-electron chi connectivity index (χ4n) is 7.02. The Hall–Kier alpha value is -3.28. The van der Waals surface area contributed by atoms with Crippen molar-refractivity contribution in [2.45, 2.75) is 62.6 Å². The molecule has 1 spiro atoms. The van der Waals surface area contributed by atoms with Gasteiger partial charge in [0.15, 0.2) is 5.60 Å². The molecule has 220 valence electrons. The van der Waals surface area contributed by atoms with Crippen LogP contribution in [0.1, 0.15) is 42.1 Å². The number of hydrogen-bond donors (Lipinski definition) is 2. The van der Waals surface area contributed by atoms with E-state index in [1.807, 2.05) is 6.92 Å². The largest absolute Gasteiger partial charge is 0.497 e. The second kappa shape index (κ2) is 10.8. The zero-order valence-electron chi connectivity index (χ0n) is 24.1. The van der Waals surface area contributed by atoms with Crippen molar-refractivity contribution in [1.29, 1.82) is 0 Å². The zero-order chi connectivity index (χ0) is 29.7. The molecule has 2 fully saturated rings. The lowest BCUT2D eigenvalue weighted by Gasteiger charge is -2.31. The SMILES string of the molecule is COc1ccc(C(=O)Nc2ccc3c(c2)[C@@]2(O[C@H](CC(=O)N4CCC[C@H]4CO)[C@@H]([Si](C)(C)F)[C@@H]2C)C(=O)N3C)cc1. The van der Waals surface area contributed by atoms with E-state index in [2.05, 4.69) is 5.32 Å². The van der Waals surface area contributed by atoms with Crippen LogP contribution in [0.4, 0.5) is 15.5 Å². The molecule has 0 unspecified atom stereocenters. The molecule has 3 heterocycles. The number of nitrogens with zero attached hydrogens (tertiary/aromatic N) is 2. The Morgan fingerprint density at radius 1 is 1.22 bits per heavy atom. The quantitative estimate of drug-likeness (QED) is 0.376. The Balaban J connectivity index is 1.48. The van der Waals surface area contributed by atoms with Crippen LogP contribution in [-0.2, 0) is 19.9 Å². The van der Waals surface area contributed by atoms with Crippen molar-refractivity contribution >= 4 is 37.5 Å². The van der Waals surface area contributed by atoms with E-state index in [4.69, 9.17) is 9.47 Å². The van der Waals surface area contributed by atoms with E-state index < -0.39 is 31.6 Å². The molecule has 11 heteroatoms. The first-order chi connectivity index (χ1) is 19.4. The third-order valence-corrected chi connectivity index (χ3v) is 11.4. The first kappa shape index (κ1) is 29.2. The first-order valence-corrected chi connectivity index (χ1v) is 17.0. The maximum atomic E-state index is 16.0. The van der Waals surface area contributed by atoms with Gasteiger partial charge in [0.2, 0.25) is 14.3 Å². The number of ether oxygens (including phenoxy) is 2. The van der Waals surface area contributed by atoms with Crippen LogP contribution >= 0.6 is 0 Å². The number of carbonyl (C=O) groups is 3. The lowest BCUT2D eigenvalue weighted by molar-refractivity contribution is -0.149. The second-order valence-electron chi connectivity index (χ2n) is 11.8. The van der Waals surface area contributed by atoms with E-state index in [1.165, 1.54) is 4.90 Å². The molecule has 0 bridgehead atoms. The monoisotopic (exact) mass is 583 g/mol. The van der Waals surface area contributed by atoms with Gasteiger partial charge in [0, 0.05) is 41.9 Å². The molecule has 5 rings (SSSR count). The van der Waals surface area contributed by atoms with Crippen LogP contribution < -0.4 is 15.0 Å². The average Bonchev–Trinajstić information content (AvgIpc) is 3.59. The van der Waals surface area contributed by atoms with Crippen molar-refractivity contribution in [1.82, 2.24) is 4.90 Å². The highest BCUT2D eigenvalue weighted by atomic mass is 28.4. The topological polar surface area (TPSA) is 108 Å². The summed E-state index contributed by atoms with van der Waals surface area (Å²) in [5.74, 6) is -0.761. The summed E-state index contributed by atoms with van der Waals surface area (Å²) < 4.78 is 27.8. The van der Waals surface area contributed by atoms with Crippen molar-refractivity contribution in [2.75, 3.05) is 37.5 Å². The predicted octanol–water partition coefficient (Wildman–Crippen LogP) is 4.07. The van der Waals surface area contributed by atoms with Gasteiger partial charge in [0.05, 0.1) is 38.0 Å². The number of nitrogens with one attached hydrogen (secondary N) is 1. The Morgan fingerprint density at radius 2 is 1.93 bits per heavy atom. The number of halogens is 1. The Kier molecular flexibility index (Phi) is 7.73. The number of amides is 3. The highest BCUT2D eigenvalue weighted by Crippen LogP contribution is 2.60. The normalized spacial score (nSPS) is 27.4. The Morgan fingerprint density at radius 3 is 2.56 bits per heavy atom. The summed E-state index contributed by atoms with van der Waals surface area (Å²) in [5, 5.41) is 12.6. The van der Waals surface area contributed by atoms with E-state index in [1.54, 1.807) is 74.6 Å². The van der Waals surface area contributed by atoms with E-state index >= 15 is 4.11 Å².